The third kappa shape index (κ3) is 3.42. The Hall–Kier alpha value is -2.46. The predicted molar refractivity (Wildman–Crippen MR) is 108 cm³/mol. The molecule has 26 heavy (non-hydrogen) atoms. The van der Waals surface area contributed by atoms with Gasteiger partial charge in [0, 0.05) is 24.2 Å². The summed E-state index contributed by atoms with van der Waals surface area (Å²) in [5, 5.41) is 0.972. The van der Waals surface area contributed by atoms with Crippen LogP contribution in [0, 0.1) is 6.92 Å². The van der Waals surface area contributed by atoms with Crippen molar-refractivity contribution in [2.75, 3.05) is 18.0 Å². The molecule has 0 atom stereocenters. The highest BCUT2D eigenvalue weighted by molar-refractivity contribution is 7.18. The summed E-state index contributed by atoms with van der Waals surface area (Å²) < 4.78 is 0. The summed E-state index contributed by atoms with van der Waals surface area (Å²) in [5.74, 6) is 0.0573. The summed E-state index contributed by atoms with van der Waals surface area (Å²) >= 11 is 1.53. The molecule has 4 heteroatoms. The van der Waals surface area contributed by atoms with Gasteiger partial charge in [-0.25, -0.2) is 4.98 Å². The van der Waals surface area contributed by atoms with Crippen LogP contribution in [-0.4, -0.2) is 23.9 Å². The number of hydrogen-bond acceptors (Lipinski definition) is 4. The molecule has 3 nitrogen and oxygen atoms in total. The molecule has 0 radical (unpaired) electrons. The second-order valence-electron chi connectivity index (χ2n) is 6.78. The monoisotopic (exact) mass is 362 g/mol. The van der Waals surface area contributed by atoms with Gasteiger partial charge in [0.2, 0.25) is 5.78 Å². The van der Waals surface area contributed by atoms with Gasteiger partial charge in [-0.1, -0.05) is 71.5 Å². The van der Waals surface area contributed by atoms with E-state index in [1.165, 1.54) is 36.2 Å². The van der Waals surface area contributed by atoms with E-state index in [9.17, 15) is 4.79 Å². The number of piperidine rings is 1. The van der Waals surface area contributed by atoms with Crippen LogP contribution in [-0.2, 0) is 0 Å². The molecule has 4 rings (SSSR count). The Morgan fingerprint density at radius 3 is 2.35 bits per heavy atom. The molecule has 1 saturated heterocycles. The minimum Gasteiger partial charge on any atom is -0.348 e. The smallest absolute Gasteiger partial charge is 0.205 e. The molecule has 0 spiro atoms. The van der Waals surface area contributed by atoms with Gasteiger partial charge in [0.15, 0.2) is 5.13 Å². The molecule has 2 heterocycles. The van der Waals surface area contributed by atoms with Crippen LogP contribution in [0.3, 0.4) is 0 Å². The first-order chi connectivity index (χ1) is 12.7. The molecule has 132 valence electrons. The van der Waals surface area contributed by atoms with E-state index in [1.807, 2.05) is 30.3 Å². The van der Waals surface area contributed by atoms with Crippen molar-refractivity contribution in [2.45, 2.75) is 26.2 Å². The third-order valence-corrected chi connectivity index (χ3v) is 5.92. The average molecular weight is 362 g/mol. The number of carbonyl (C=O) groups excluding carboxylic acids is 1. The first-order valence-corrected chi connectivity index (χ1v) is 9.96. The van der Waals surface area contributed by atoms with E-state index in [4.69, 9.17) is 4.98 Å². The lowest BCUT2D eigenvalue weighted by Crippen LogP contribution is -2.29. The van der Waals surface area contributed by atoms with Crippen LogP contribution in [0.15, 0.2) is 54.6 Å². The zero-order valence-electron chi connectivity index (χ0n) is 14.9. The van der Waals surface area contributed by atoms with Crippen molar-refractivity contribution in [2.24, 2.45) is 0 Å². The van der Waals surface area contributed by atoms with Gasteiger partial charge in [0.1, 0.15) is 4.88 Å². The van der Waals surface area contributed by atoms with Gasteiger partial charge in [0.25, 0.3) is 0 Å². The topological polar surface area (TPSA) is 33.2 Å². The summed E-state index contributed by atoms with van der Waals surface area (Å²) in [4.78, 5) is 21.1. The molecule has 0 bridgehead atoms. The lowest BCUT2D eigenvalue weighted by Gasteiger charge is -2.25. The zero-order chi connectivity index (χ0) is 17.9. The lowest BCUT2D eigenvalue weighted by atomic mass is 10.0. The first-order valence-electron chi connectivity index (χ1n) is 9.15. The van der Waals surface area contributed by atoms with Crippen LogP contribution >= 0.6 is 11.3 Å². The van der Waals surface area contributed by atoms with Gasteiger partial charge in [0.05, 0.1) is 5.69 Å². The Morgan fingerprint density at radius 2 is 1.65 bits per heavy atom. The molecule has 1 fully saturated rings. The van der Waals surface area contributed by atoms with E-state index in [0.29, 0.717) is 0 Å². The van der Waals surface area contributed by atoms with Crippen molar-refractivity contribution >= 4 is 22.3 Å². The van der Waals surface area contributed by atoms with Gasteiger partial charge in [-0.3, -0.25) is 4.79 Å². The van der Waals surface area contributed by atoms with Gasteiger partial charge in [-0.15, -0.1) is 0 Å². The maximum absolute atomic E-state index is 13.2. The van der Waals surface area contributed by atoms with Gasteiger partial charge >= 0.3 is 0 Å². The number of anilines is 1. The van der Waals surface area contributed by atoms with Gasteiger partial charge in [-0.2, -0.15) is 0 Å². The Morgan fingerprint density at radius 1 is 0.962 bits per heavy atom. The summed E-state index contributed by atoms with van der Waals surface area (Å²) in [7, 11) is 0. The zero-order valence-corrected chi connectivity index (χ0v) is 15.8. The molecule has 1 aliphatic heterocycles. The van der Waals surface area contributed by atoms with Crippen molar-refractivity contribution in [1.82, 2.24) is 4.98 Å². The molecule has 0 amide bonds. The van der Waals surface area contributed by atoms with Crippen LogP contribution in [0.5, 0.6) is 0 Å². The van der Waals surface area contributed by atoms with E-state index >= 15 is 0 Å². The molecule has 1 aliphatic rings. The summed E-state index contributed by atoms with van der Waals surface area (Å²) in [5.41, 5.74) is 3.74. The highest BCUT2D eigenvalue weighted by atomic mass is 32.1. The van der Waals surface area contributed by atoms with Crippen molar-refractivity contribution in [3.63, 3.8) is 0 Å². The number of hydrogen-bond donors (Lipinski definition) is 0. The molecule has 1 aromatic heterocycles. The molecule has 3 aromatic rings. The van der Waals surface area contributed by atoms with Crippen molar-refractivity contribution in [3.8, 4) is 11.3 Å². The second kappa shape index (κ2) is 7.42. The highest BCUT2D eigenvalue weighted by Crippen LogP contribution is 2.35. The number of carbonyl (C=O) groups is 1. The fraction of sp³-hybridized carbons (Fsp3) is 0.273. The SMILES string of the molecule is Cc1ccc(-c2nc(N3CCCCC3)sc2C(=O)c2ccccc2)cc1. The Kier molecular flexibility index (Phi) is 4.85. The van der Waals surface area contributed by atoms with Crippen molar-refractivity contribution < 1.29 is 4.79 Å². The van der Waals surface area contributed by atoms with E-state index < -0.39 is 0 Å². The van der Waals surface area contributed by atoms with Gasteiger partial charge < -0.3 is 4.90 Å². The second-order valence-corrected chi connectivity index (χ2v) is 7.76. The molecule has 0 N–H and O–H groups in total. The first kappa shape index (κ1) is 17.0. The average Bonchev–Trinajstić information content (AvgIpc) is 3.15. The number of aryl methyl sites for hydroxylation is 1. The molecule has 0 aliphatic carbocycles. The van der Waals surface area contributed by atoms with E-state index in [-0.39, 0.29) is 5.78 Å². The van der Waals surface area contributed by atoms with Gasteiger partial charge in [-0.05, 0) is 26.2 Å². The van der Waals surface area contributed by atoms with E-state index in [2.05, 4.69) is 36.1 Å². The maximum atomic E-state index is 13.2. The third-order valence-electron chi connectivity index (χ3n) is 4.81. The van der Waals surface area contributed by atoms with Crippen LogP contribution in [0.2, 0.25) is 0 Å². The molecule has 2 aromatic carbocycles. The number of rotatable bonds is 4. The number of ketones is 1. The van der Waals surface area contributed by atoms with Crippen molar-refractivity contribution in [1.29, 1.82) is 0 Å². The van der Waals surface area contributed by atoms with Crippen molar-refractivity contribution in [3.05, 3.63) is 70.6 Å². The quantitative estimate of drug-likeness (QED) is 0.587. The van der Waals surface area contributed by atoms with Crippen LogP contribution < -0.4 is 4.90 Å². The minimum absolute atomic E-state index is 0.0573. The Bertz CT molecular complexity index is 894. The molecule has 0 unspecified atom stereocenters. The number of nitrogens with zero attached hydrogens (tertiary/aromatic N) is 2. The summed E-state index contributed by atoms with van der Waals surface area (Å²) in [6.45, 7) is 4.12. The predicted octanol–water partition coefficient (Wildman–Crippen LogP) is 5.34. The van der Waals surface area contributed by atoms with Crippen LogP contribution in [0.4, 0.5) is 5.13 Å². The Balaban J connectivity index is 1.78. The number of aromatic nitrogens is 1. The minimum atomic E-state index is 0.0573. The fourth-order valence-corrected chi connectivity index (χ4v) is 4.41. The highest BCUT2D eigenvalue weighted by Gasteiger charge is 2.24. The Labute approximate surface area is 158 Å². The summed E-state index contributed by atoms with van der Waals surface area (Å²) in [6, 6.07) is 17.8. The number of thiazole rings is 1. The van der Waals surface area contributed by atoms with E-state index in [0.717, 1.165) is 39.9 Å². The van der Waals surface area contributed by atoms with Crippen LogP contribution in [0.25, 0.3) is 11.3 Å². The maximum Gasteiger partial charge on any atom is 0.205 e. The standard InChI is InChI=1S/C22H22N2OS/c1-16-10-12-17(13-11-16)19-21(20(25)18-8-4-2-5-9-18)26-22(23-19)24-14-6-3-7-15-24/h2,4-5,8-13H,3,6-7,14-15H2,1H3. The summed E-state index contributed by atoms with van der Waals surface area (Å²) in [6.07, 6.45) is 3.67. The molecular formula is C22H22N2OS. The largest absolute Gasteiger partial charge is 0.348 e. The van der Waals surface area contributed by atoms with E-state index in [1.54, 1.807) is 0 Å². The fourth-order valence-electron chi connectivity index (χ4n) is 3.31. The van der Waals surface area contributed by atoms with Crippen LogP contribution in [0.1, 0.15) is 40.1 Å². The number of benzene rings is 2. The molecule has 0 saturated carbocycles. The lowest BCUT2D eigenvalue weighted by molar-refractivity contribution is 0.104. The molecular weight excluding hydrogens is 340 g/mol. The normalized spacial score (nSPS) is 14.4.